The summed E-state index contributed by atoms with van der Waals surface area (Å²) in [4.78, 5) is 5.62. The number of thiophene rings is 1. The van der Waals surface area contributed by atoms with Crippen molar-refractivity contribution in [1.82, 2.24) is 10.6 Å². The lowest BCUT2D eigenvalue weighted by Crippen LogP contribution is -2.44. The van der Waals surface area contributed by atoms with Crippen molar-refractivity contribution >= 4 is 17.3 Å². The molecule has 27 heavy (non-hydrogen) atoms. The predicted octanol–water partition coefficient (Wildman–Crippen LogP) is 3.64. The number of nitrogens with zero attached hydrogens (tertiary/aromatic N) is 1. The van der Waals surface area contributed by atoms with Gasteiger partial charge >= 0.3 is 0 Å². The van der Waals surface area contributed by atoms with E-state index in [4.69, 9.17) is 4.74 Å². The Morgan fingerprint density at radius 2 is 2.07 bits per heavy atom. The van der Waals surface area contributed by atoms with Gasteiger partial charge in [-0.3, -0.25) is 0 Å². The maximum absolute atomic E-state index is 10.7. The van der Waals surface area contributed by atoms with Crippen molar-refractivity contribution in [2.45, 2.75) is 51.4 Å². The van der Waals surface area contributed by atoms with E-state index in [-0.39, 0.29) is 0 Å². The van der Waals surface area contributed by atoms with E-state index in [9.17, 15) is 5.11 Å². The van der Waals surface area contributed by atoms with Gasteiger partial charge in [-0.05, 0) is 50.6 Å². The molecule has 0 bridgehead atoms. The van der Waals surface area contributed by atoms with E-state index in [1.54, 1.807) is 11.3 Å². The average molecular weight is 388 g/mol. The second-order valence-corrected chi connectivity index (χ2v) is 8.03. The first-order valence-corrected chi connectivity index (χ1v) is 10.5. The molecule has 6 heteroatoms. The first-order chi connectivity index (χ1) is 13.1. The minimum atomic E-state index is -0.935. The van der Waals surface area contributed by atoms with E-state index in [0.29, 0.717) is 25.2 Å². The van der Waals surface area contributed by atoms with Crippen LogP contribution in [-0.4, -0.2) is 30.3 Å². The SMILES string of the molecule is CCNC(=NCc1ccccc1OC1CCC1)NCC(C)(O)c1cccs1. The Hall–Kier alpha value is -2.05. The number of guanidine groups is 1. The van der Waals surface area contributed by atoms with Crippen molar-refractivity contribution in [1.29, 1.82) is 0 Å². The van der Waals surface area contributed by atoms with E-state index in [0.717, 1.165) is 35.6 Å². The Morgan fingerprint density at radius 3 is 2.74 bits per heavy atom. The highest BCUT2D eigenvalue weighted by atomic mass is 32.1. The van der Waals surface area contributed by atoms with Gasteiger partial charge < -0.3 is 20.5 Å². The van der Waals surface area contributed by atoms with Crippen molar-refractivity contribution in [3.8, 4) is 5.75 Å². The molecular weight excluding hydrogens is 358 g/mol. The summed E-state index contributed by atoms with van der Waals surface area (Å²) in [7, 11) is 0. The van der Waals surface area contributed by atoms with Crippen LogP contribution in [-0.2, 0) is 12.1 Å². The summed E-state index contributed by atoms with van der Waals surface area (Å²) in [5.74, 6) is 1.61. The van der Waals surface area contributed by atoms with Gasteiger partial charge in [-0.1, -0.05) is 24.3 Å². The van der Waals surface area contributed by atoms with E-state index < -0.39 is 5.60 Å². The summed E-state index contributed by atoms with van der Waals surface area (Å²) in [5, 5.41) is 19.2. The van der Waals surface area contributed by atoms with Gasteiger partial charge in [-0.15, -0.1) is 11.3 Å². The zero-order valence-electron chi connectivity index (χ0n) is 16.1. The molecule has 5 nitrogen and oxygen atoms in total. The highest BCUT2D eigenvalue weighted by Crippen LogP contribution is 2.28. The molecule has 1 aliphatic carbocycles. The van der Waals surface area contributed by atoms with E-state index in [1.165, 1.54) is 6.42 Å². The number of nitrogens with one attached hydrogen (secondary N) is 2. The topological polar surface area (TPSA) is 65.9 Å². The van der Waals surface area contributed by atoms with Gasteiger partial charge in [0.05, 0.1) is 19.2 Å². The van der Waals surface area contributed by atoms with Crippen LogP contribution in [0.5, 0.6) is 5.75 Å². The van der Waals surface area contributed by atoms with Crippen molar-refractivity contribution in [2.24, 2.45) is 4.99 Å². The highest BCUT2D eigenvalue weighted by Gasteiger charge is 2.24. The summed E-state index contributed by atoms with van der Waals surface area (Å²) in [6, 6.07) is 12.0. The second-order valence-electron chi connectivity index (χ2n) is 7.08. The van der Waals surface area contributed by atoms with E-state index in [2.05, 4.69) is 21.7 Å². The molecule has 1 unspecified atom stereocenters. The van der Waals surface area contributed by atoms with Gasteiger partial charge in [0.25, 0.3) is 0 Å². The number of hydrogen-bond donors (Lipinski definition) is 3. The quantitative estimate of drug-likeness (QED) is 0.478. The van der Waals surface area contributed by atoms with Crippen molar-refractivity contribution in [3.05, 3.63) is 52.2 Å². The summed E-state index contributed by atoms with van der Waals surface area (Å²) in [6.07, 6.45) is 3.88. The van der Waals surface area contributed by atoms with Gasteiger partial charge in [0.15, 0.2) is 5.96 Å². The molecule has 0 aliphatic heterocycles. The lowest BCUT2D eigenvalue weighted by molar-refractivity contribution is 0.0655. The molecule has 0 spiro atoms. The summed E-state index contributed by atoms with van der Waals surface area (Å²) < 4.78 is 6.09. The van der Waals surface area contributed by atoms with Gasteiger partial charge in [0, 0.05) is 17.0 Å². The molecule has 3 rings (SSSR count). The lowest BCUT2D eigenvalue weighted by atomic mass is 9.96. The van der Waals surface area contributed by atoms with Gasteiger partial charge in [0.1, 0.15) is 11.4 Å². The molecule has 1 aromatic heterocycles. The minimum absolute atomic E-state index is 0.349. The minimum Gasteiger partial charge on any atom is -0.490 e. The molecule has 146 valence electrons. The second kappa shape index (κ2) is 9.24. The van der Waals surface area contributed by atoms with Crippen LogP contribution in [0.2, 0.25) is 0 Å². The first-order valence-electron chi connectivity index (χ1n) is 9.61. The fraction of sp³-hybridized carbons (Fsp3) is 0.476. The van der Waals surface area contributed by atoms with Crippen LogP contribution in [0.25, 0.3) is 0 Å². The Labute approximate surface area is 165 Å². The third-order valence-corrected chi connectivity index (χ3v) is 5.85. The van der Waals surface area contributed by atoms with Gasteiger partial charge in [-0.25, -0.2) is 4.99 Å². The van der Waals surface area contributed by atoms with Crippen molar-refractivity contribution in [2.75, 3.05) is 13.1 Å². The standard InChI is InChI=1S/C21H29N3O2S/c1-3-22-20(24-15-21(2,25)19-12-7-13-27-19)23-14-16-8-4-5-11-18(16)26-17-9-6-10-17/h4-5,7-8,11-13,17,25H,3,6,9-10,14-15H2,1-2H3,(H2,22,23,24). The normalized spacial score (nSPS) is 17.1. The maximum atomic E-state index is 10.7. The molecule has 3 N–H and O–H groups in total. The van der Waals surface area contributed by atoms with Crippen LogP contribution in [0.3, 0.4) is 0 Å². The molecule has 0 saturated heterocycles. The summed E-state index contributed by atoms with van der Waals surface area (Å²) in [6.45, 7) is 5.52. The molecule has 1 heterocycles. The third kappa shape index (κ3) is 5.47. The number of aliphatic imine (C=N–C) groups is 1. The zero-order chi connectivity index (χ0) is 19.1. The monoisotopic (exact) mass is 387 g/mol. The van der Waals surface area contributed by atoms with Crippen LogP contribution in [0.4, 0.5) is 0 Å². The molecule has 1 fully saturated rings. The van der Waals surface area contributed by atoms with Crippen LogP contribution in [0.1, 0.15) is 43.6 Å². The third-order valence-electron chi connectivity index (χ3n) is 4.72. The number of ether oxygens (including phenoxy) is 1. The molecule has 0 amide bonds. The fourth-order valence-corrected chi connectivity index (χ4v) is 3.64. The van der Waals surface area contributed by atoms with Crippen LogP contribution in [0.15, 0.2) is 46.8 Å². The zero-order valence-corrected chi connectivity index (χ0v) is 16.9. The Bertz CT molecular complexity index is 740. The van der Waals surface area contributed by atoms with Crippen molar-refractivity contribution < 1.29 is 9.84 Å². The number of aliphatic hydroxyl groups is 1. The summed E-state index contributed by atoms with van der Waals surface area (Å²) in [5.41, 5.74) is 0.141. The van der Waals surface area contributed by atoms with Crippen molar-refractivity contribution in [3.63, 3.8) is 0 Å². The molecule has 1 aliphatic rings. The van der Waals surface area contributed by atoms with E-state index in [1.807, 2.05) is 49.6 Å². The molecule has 1 aromatic carbocycles. The van der Waals surface area contributed by atoms with Crippen LogP contribution < -0.4 is 15.4 Å². The average Bonchev–Trinajstić information content (AvgIpc) is 3.17. The molecule has 2 aromatic rings. The number of hydrogen-bond acceptors (Lipinski definition) is 4. The molecule has 0 radical (unpaired) electrons. The number of benzene rings is 1. The lowest BCUT2D eigenvalue weighted by Gasteiger charge is -2.27. The van der Waals surface area contributed by atoms with Gasteiger partial charge in [0.2, 0.25) is 0 Å². The number of para-hydroxylation sites is 1. The Morgan fingerprint density at radius 1 is 1.26 bits per heavy atom. The molecule has 1 saturated carbocycles. The molecular formula is C21H29N3O2S. The highest BCUT2D eigenvalue weighted by molar-refractivity contribution is 7.10. The fourth-order valence-electron chi connectivity index (χ4n) is 2.85. The van der Waals surface area contributed by atoms with Crippen LogP contribution >= 0.6 is 11.3 Å². The smallest absolute Gasteiger partial charge is 0.191 e. The van der Waals surface area contributed by atoms with Crippen LogP contribution in [0, 0.1) is 0 Å². The predicted molar refractivity (Wildman–Crippen MR) is 111 cm³/mol. The maximum Gasteiger partial charge on any atom is 0.191 e. The first kappa shape index (κ1) is 19.7. The largest absolute Gasteiger partial charge is 0.490 e. The van der Waals surface area contributed by atoms with E-state index >= 15 is 0 Å². The Kier molecular flexibility index (Phi) is 6.74. The van der Waals surface area contributed by atoms with Gasteiger partial charge in [-0.2, -0.15) is 0 Å². The summed E-state index contributed by atoms with van der Waals surface area (Å²) >= 11 is 1.55. The Balaban J connectivity index is 1.63. The number of rotatable bonds is 8. The molecule has 1 atom stereocenters.